The molecule has 1 heterocycles. The van der Waals surface area contributed by atoms with Crippen molar-refractivity contribution in [2.45, 2.75) is 41.2 Å². The van der Waals surface area contributed by atoms with Crippen molar-refractivity contribution in [1.29, 1.82) is 0 Å². The molecule has 0 fully saturated rings. The third kappa shape index (κ3) is 4.40. The van der Waals surface area contributed by atoms with Crippen molar-refractivity contribution in [2.24, 2.45) is 0 Å². The number of hydrogen-bond acceptors (Lipinski definition) is 1. The topological polar surface area (TPSA) is 8.17 Å². The van der Waals surface area contributed by atoms with Crippen LogP contribution in [0.15, 0.2) is 103 Å². The number of hydrogen-bond donors (Lipinski definition) is 0. The average Bonchev–Trinajstić information content (AvgIpc) is 3.21. The van der Waals surface area contributed by atoms with Crippen LogP contribution in [0.2, 0.25) is 0 Å². The van der Waals surface area contributed by atoms with E-state index in [1.165, 1.54) is 27.5 Å². The molecular formula is C30H34N2. The Morgan fingerprint density at radius 1 is 0.531 bits per heavy atom. The van der Waals surface area contributed by atoms with Crippen LogP contribution < -0.4 is 4.90 Å². The number of anilines is 3. The number of para-hydroxylation sites is 3. The lowest BCUT2D eigenvalue weighted by molar-refractivity contribution is 0.827. The molecule has 0 saturated heterocycles. The molecule has 32 heavy (non-hydrogen) atoms. The van der Waals surface area contributed by atoms with Gasteiger partial charge < -0.3 is 9.47 Å². The molecule has 4 aromatic carbocycles. The van der Waals surface area contributed by atoms with Gasteiger partial charge in [-0.2, -0.15) is 0 Å². The van der Waals surface area contributed by atoms with Crippen molar-refractivity contribution >= 4 is 38.9 Å². The van der Waals surface area contributed by atoms with E-state index in [0.29, 0.717) is 0 Å². The Morgan fingerprint density at radius 3 is 1.59 bits per heavy atom. The van der Waals surface area contributed by atoms with Gasteiger partial charge in [0.25, 0.3) is 0 Å². The number of fused-ring (bicyclic) bond motifs is 3. The number of benzene rings is 4. The van der Waals surface area contributed by atoms with Crippen LogP contribution >= 0.6 is 0 Å². The minimum Gasteiger partial charge on any atom is -0.341 e. The zero-order valence-electron chi connectivity index (χ0n) is 19.9. The van der Waals surface area contributed by atoms with Gasteiger partial charge in [-0.05, 0) is 55.5 Å². The van der Waals surface area contributed by atoms with E-state index in [4.69, 9.17) is 0 Å². The minimum atomic E-state index is 0.963. The van der Waals surface area contributed by atoms with Gasteiger partial charge in [-0.15, -0.1) is 0 Å². The molecule has 0 aliphatic rings. The minimum absolute atomic E-state index is 0.963. The van der Waals surface area contributed by atoms with Crippen LogP contribution in [-0.4, -0.2) is 4.57 Å². The van der Waals surface area contributed by atoms with Gasteiger partial charge in [0, 0.05) is 45.4 Å². The van der Waals surface area contributed by atoms with Crippen LogP contribution in [0.5, 0.6) is 0 Å². The van der Waals surface area contributed by atoms with Gasteiger partial charge in [0.15, 0.2) is 0 Å². The third-order valence-corrected chi connectivity index (χ3v) is 5.36. The number of rotatable bonds is 4. The lowest BCUT2D eigenvalue weighted by Crippen LogP contribution is -2.09. The first-order chi connectivity index (χ1) is 15.9. The summed E-state index contributed by atoms with van der Waals surface area (Å²) in [4.78, 5) is 2.32. The summed E-state index contributed by atoms with van der Waals surface area (Å²) >= 11 is 0. The van der Waals surface area contributed by atoms with Crippen molar-refractivity contribution in [3.8, 4) is 0 Å². The van der Waals surface area contributed by atoms with E-state index in [2.05, 4.69) is 120 Å². The normalized spacial score (nSPS) is 10.2. The van der Waals surface area contributed by atoms with Crippen LogP contribution in [0.3, 0.4) is 0 Å². The summed E-state index contributed by atoms with van der Waals surface area (Å²) in [6.07, 6.45) is 0. The highest BCUT2D eigenvalue weighted by molar-refractivity contribution is 6.09. The lowest BCUT2D eigenvalue weighted by atomic mass is 10.1. The van der Waals surface area contributed by atoms with Crippen LogP contribution in [-0.2, 0) is 6.54 Å². The first-order valence-electron chi connectivity index (χ1n) is 11.8. The first kappa shape index (κ1) is 23.1. The van der Waals surface area contributed by atoms with E-state index in [0.717, 1.165) is 17.9 Å². The van der Waals surface area contributed by atoms with Crippen molar-refractivity contribution < 1.29 is 0 Å². The maximum absolute atomic E-state index is 2.39. The second-order valence-electron chi connectivity index (χ2n) is 6.97. The highest BCUT2D eigenvalue weighted by Gasteiger charge is 2.15. The molecule has 0 unspecified atom stereocenters. The quantitative estimate of drug-likeness (QED) is 0.280. The van der Waals surface area contributed by atoms with Crippen molar-refractivity contribution in [2.75, 3.05) is 4.90 Å². The molecule has 0 aliphatic carbocycles. The molecule has 5 rings (SSSR count). The van der Waals surface area contributed by atoms with Crippen molar-refractivity contribution in [3.05, 3.63) is 103 Å². The Labute approximate surface area is 192 Å². The number of nitrogens with zero attached hydrogens (tertiary/aromatic N) is 2. The van der Waals surface area contributed by atoms with Gasteiger partial charge in [0.05, 0.1) is 0 Å². The standard InChI is InChI=1S/C26H22N2.2C2H6/c1-2-27-25-16-10-9-15-23(25)24-19-22(17-18-26(24)27)28(20-11-5-3-6-12-20)21-13-7-4-8-14-21;2*1-2/h3-19H,2H2,1H3;2*1-2H3. The first-order valence-corrected chi connectivity index (χ1v) is 11.8. The summed E-state index contributed by atoms with van der Waals surface area (Å²) in [6.45, 7) is 11.2. The number of aromatic nitrogens is 1. The van der Waals surface area contributed by atoms with Crippen LogP contribution in [0, 0.1) is 0 Å². The molecule has 2 heteroatoms. The van der Waals surface area contributed by atoms with Gasteiger partial charge in [0.1, 0.15) is 0 Å². The average molecular weight is 423 g/mol. The molecule has 0 N–H and O–H groups in total. The Balaban J connectivity index is 0.000000686. The largest absolute Gasteiger partial charge is 0.341 e. The van der Waals surface area contributed by atoms with E-state index >= 15 is 0 Å². The van der Waals surface area contributed by atoms with E-state index in [1.807, 2.05) is 27.7 Å². The van der Waals surface area contributed by atoms with E-state index < -0.39 is 0 Å². The second kappa shape index (κ2) is 11.2. The molecule has 0 spiro atoms. The van der Waals surface area contributed by atoms with Gasteiger partial charge in [-0.3, -0.25) is 0 Å². The molecule has 2 nitrogen and oxygen atoms in total. The molecule has 0 amide bonds. The van der Waals surface area contributed by atoms with Gasteiger partial charge in [-0.25, -0.2) is 0 Å². The van der Waals surface area contributed by atoms with E-state index in [-0.39, 0.29) is 0 Å². The molecule has 0 radical (unpaired) electrons. The predicted molar refractivity (Wildman–Crippen MR) is 142 cm³/mol. The third-order valence-electron chi connectivity index (χ3n) is 5.36. The summed E-state index contributed by atoms with van der Waals surface area (Å²) in [7, 11) is 0. The zero-order valence-corrected chi connectivity index (χ0v) is 19.9. The Bertz CT molecular complexity index is 1200. The Morgan fingerprint density at radius 2 is 1.03 bits per heavy atom. The Kier molecular flexibility index (Phi) is 8.10. The van der Waals surface area contributed by atoms with E-state index in [9.17, 15) is 0 Å². The summed E-state index contributed by atoms with van der Waals surface area (Å²) in [5, 5.41) is 2.61. The zero-order chi connectivity index (χ0) is 22.9. The fourth-order valence-corrected chi connectivity index (χ4v) is 4.12. The Hall–Kier alpha value is -3.52. The van der Waals surface area contributed by atoms with Gasteiger partial charge in [-0.1, -0.05) is 82.3 Å². The van der Waals surface area contributed by atoms with E-state index in [1.54, 1.807) is 0 Å². The molecule has 0 atom stereocenters. The molecule has 164 valence electrons. The summed E-state index contributed by atoms with van der Waals surface area (Å²) in [6, 6.07) is 36.6. The fraction of sp³-hybridized carbons (Fsp3) is 0.200. The second-order valence-corrected chi connectivity index (χ2v) is 6.97. The van der Waals surface area contributed by atoms with Crippen molar-refractivity contribution in [3.63, 3.8) is 0 Å². The molecule has 0 bridgehead atoms. The smallest absolute Gasteiger partial charge is 0.0492 e. The van der Waals surface area contributed by atoms with Crippen LogP contribution in [0.4, 0.5) is 17.1 Å². The molecule has 5 aromatic rings. The van der Waals surface area contributed by atoms with Crippen molar-refractivity contribution in [1.82, 2.24) is 4.57 Å². The monoisotopic (exact) mass is 422 g/mol. The SMILES string of the molecule is CC.CC.CCn1c2ccccc2c2cc(N(c3ccccc3)c3ccccc3)ccc21. The van der Waals surface area contributed by atoms with Gasteiger partial charge >= 0.3 is 0 Å². The molecular weight excluding hydrogens is 388 g/mol. The van der Waals surface area contributed by atoms with Gasteiger partial charge in [0.2, 0.25) is 0 Å². The predicted octanol–water partition coefficient (Wildman–Crippen LogP) is 9.34. The highest BCUT2D eigenvalue weighted by atomic mass is 15.1. The van der Waals surface area contributed by atoms with Crippen LogP contribution in [0.25, 0.3) is 21.8 Å². The number of aryl methyl sites for hydroxylation is 1. The summed E-state index contributed by atoms with van der Waals surface area (Å²) in [5.74, 6) is 0. The fourth-order valence-electron chi connectivity index (χ4n) is 4.12. The summed E-state index contributed by atoms with van der Waals surface area (Å²) < 4.78 is 2.39. The maximum atomic E-state index is 2.39. The summed E-state index contributed by atoms with van der Waals surface area (Å²) in [5.41, 5.74) is 6.07. The molecule has 1 aromatic heterocycles. The lowest BCUT2D eigenvalue weighted by Gasteiger charge is -2.25. The maximum Gasteiger partial charge on any atom is 0.0492 e. The molecule has 0 aliphatic heterocycles. The van der Waals surface area contributed by atoms with Crippen LogP contribution in [0.1, 0.15) is 34.6 Å². The molecule has 0 saturated carbocycles. The highest BCUT2D eigenvalue weighted by Crippen LogP contribution is 2.38.